The second kappa shape index (κ2) is 3.58. The quantitative estimate of drug-likeness (QED) is 0.764. The molecule has 1 amide bonds. The van der Waals surface area contributed by atoms with Crippen LogP contribution in [-0.2, 0) is 22.6 Å². The molecule has 90 valence electrons. The molecule has 6 nitrogen and oxygen atoms in total. The lowest BCUT2D eigenvalue weighted by molar-refractivity contribution is -0.152. The molecule has 1 aliphatic carbocycles. The molecule has 0 bridgehead atoms. The van der Waals surface area contributed by atoms with Gasteiger partial charge in [0, 0.05) is 12.3 Å². The summed E-state index contributed by atoms with van der Waals surface area (Å²) < 4.78 is 0. The second-order valence-electron chi connectivity index (χ2n) is 4.63. The zero-order valence-electron chi connectivity index (χ0n) is 9.22. The van der Waals surface area contributed by atoms with Gasteiger partial charge in [0.05, 0.1) is 24.3 Å². The smallest absolute Gasteiger partial charge is 0.326 e. The third-order valence-electron chi connectivity index (χ3n) is 3.39. The summed E-state index contributed by atoms with van der Waals surface area (Å²) in [6.07, 6.45) is 3.62. The molecule has 1 atom stereocenters. The number of aliphatic carboxylic acids is 1. The van der Waals surface area contributed by atoms with Crippen LogP contribution in [0.3, 0.4) is 0 Å². The number of aromatic nitrogens is 2. The number of hydrogen-bond donors (Lipinski definition) is 2. The van der Waals surface area contributed by atoms with Gasteiger partial charge in [-0.05, 0) is 12.8 Å². The van der Waals surface area contributed by atoms with E-state index in [9.17, 15) is 14.7 Å². The van der Waals surface area contributed by atoms with E-state index in [2.05, 4.69) is 9.97 Å². The van der Waals surface area contributed by atoms with Gasteiger partial charge in [-0.2, -0.15) is 0 Å². The van der Waals surface area contributed by atoms with E-state index < -0.39 is 12.0 Å². The fraction of sp³-hybridized carbons (Fsp3) is 0.545. The van der Waals surface area contributed by atoms with Crippen LogP contribution in [0, 0.1) is 5.92 Å². The molecular formula is C11H13N3O3. The Morgan fingerprint density at radius 1 is 1.47 bits per heavy atom. The molecule has 0 aromatic carbocycles. The molecule has 2 N–H and O–H groups in total. The Morgan fingerprint density at radius 2 is 2.24 bits per heavy atom. The number of amides is 1. The highest BCUT2D eigenvalue weighted by atomic mass is 16.4. The van der Waals surface area contributed by atoms with Gasteiger partial charge in [-0.25, -0.2) is 9.78 Å². The van der Waals surface area contributed by atoms with Crippen molar-refractivity contribution in [2.24, 2.45) is 5.92 Å². The molecule has 1 aromatic rings. The van der Waals surface area contributed by atoms with Crippen LogP contribution in [-0.4, -0.2) is 37.9 Å². The summed E-state index contributed by atoms with van der Waals surface area (Å²) >= 11 is 0. The fourth-order valence-corrected chi connectivity index (χ4v) is 2.25. The number of carbonyl (C=O) groups excluding carboxylic acids is 1. The van der Waals surface area contributed by atoms with Crippen molar-refractivity contribution in [2.45, 2.75) is 31.8 Å². The summed E-state index contributed by atoms with van der Waals surface area (Å²) in [5.41, 5.74) is 1.62. The average Bonchev–Trinajstić information content (AvgIpc) is 3.05. The summed E-state index contributed by atoms with van der Waals surface area (Å²) in [4.78, 5) is 31.8. The first-order valence-electron chi connectivity index (χ1n) is 5.71. The van der Waals surface area contributed by atoms with Gasteiger partial charge in [0.15, 0.2) is 0 Å². The summed E-state index contributed by atoms with van der Waals surface area (Å²) in [5, 5.41) is 9.19. The van der Waals surface area contributed by atoms with Crippen molar-refractivity contribution >= 4 is 11.9 Å². The molecular weight excluding hydrogens is 222 g/mol. The molecule has 1 aromatic heterocycles. The molecule has 3 rings (SSSR count). The minimum atomic E-state index is -0.951. The van der Waals surface area contributed by atoms with Crippen molar-refractivity contribution in [2.75, 3.05) is 0 Å². The number of imidazole rings is 1. The number of carboxylic acid groups (broad SMARTS) is 1. The van der Waals surface area contributed by atoms with Crippen molar-refractivity contribution < 1.29 is 14.7 Å². The maximum Gasteiger partial charge on any atom is 0.326 e. The molecule has 0 unspecified atom stereocenters. The van der Waals surface area contributed by atoms with Gasteiger partial charge in [0.1, 0.15) is 6.04 Å². The first-order valence-corrected chi connectivity index (χ1v) is 5.71. The summed E-state index contributed by atoms with van der Waals surface area (Å²) in [7, 11) is 0. The Labute approximate surface area is 97.6 Å². The number of fused-ring (bicyclic) bond motifs is 1. The van der Waals surface area contributed by atoms with Crippen LogP contribution in [0.5, 0.6) is 0 Å². The van der Waals surface area contributed by atoms with Crippen LogP contribution in [0.2, 0.25) is 0 Å². The highest BCUT2D eigenvalue weighted by Crippen LogP contribution is 2.33. The standard InChI is InChI=1S/C11H13N3O3/c15-10(6-1-2-6)14-4-8-7(12-5-13-8)3-9(14)11(16)17/h5-6,9H,1-4H2,(H,12,13)(H,16,17)/t9-/m0/s1. The van der Waals surface area contributed by atoms with E-state index in [-0.39, 0.29) is 11.8 Å². The fourth-order valence-electron chi connectivity index (χ4n) is 2.25. The van der Waals surface area contributed by atoms with E-state index in [1.807, 2.05) is 0 Å². The van der Waals surface area contributed by atoms with Crippen LogP contribution in [0.15, 0.2) is 6.33 Å². The SMILES string of the molecule is O=C(O)[C@@H]1Cc2nc[nH]c2CN1C(=O)C1CC1. The average molecular weight is 235 g/mol. The van der Waals surface area contributed by atoms with Gasteiger partial charge in [0.25, 0.3) is 0 Å². The maximum atomic E-state index is 12.0. The predicted molar refractivity (Wildman–Crippen MR) is 57.0 cm³/mol. The molecule has 0 spiro atoms. The lowest BCUT2D eigenvalue weighted by Crippen LogP contribution is -2.49. The van der Waals surface area contributed by atoms with Gasteiger partial charge in [-0.3, -0.25) is 4.79 Å². The van der Waals surface area contributed by atoms with Crippen molar-refractivity contribution in [1.82, 2.24) is 14.9 Å². The number of nitrogens with zero attached hydrogens (tertiary/aromatic N) is 2. The van der Waals surface area contributed by atoms with E-state index in [1.54, 1.807) is 6.33 Å². The Hall–Kier alpha value is -1.85. The number of carboxylic acids is 1. The number of hydrogen-bond acceptors (Lipinski definition) is 3. The molecule has 1 aliphatic heterocycles. The lowest BCUT2D eigenvalue weighted by atomic mass is 10.0. The second-order valence-corrected chi connectivity index (χ2v) is 4.63. The maximum absolute atomic E-state index is 12.0. The van der Waals surface area contributed by atoms with Crippen molar-refractivity contribution in [1.29, 1.82) is 0 Å². The molecule has 17 heavy (non-hydrogen) atoms. The van der Waals surface area contributed by atoms with Crippen LogP contribution in [0.25, 0.3) is 0 Å². The van der Waals surface area contributed by atoms with E-state index in [1.165, 1.54) is 4.90 Å². The van der Waals surface area contributed by atoms with Crippen LogP contribution >= 0.6 is 0 Å². The Balaban J connectivity index is 1.90. The number of H-pyrrole nitrogens is 1. The molecule has 0 saturated heterocycles. The monoisotopic (exact) mass is 235 g/mol. The lowest BCUT2D eigenvalue weighted by Gasteiger charge is -2.32. The first kappa shape index (κ1) is 10.3. The Kier molecular flexibility index (Phi) is 2.17. The van der Waals surface area contributed by atoms with Gasteiger partial charge in [0.2, 0.25) is 5.91 Å². The molecule has 1 fully saturated rings. The van der Waals surface area contributed by atoms with Gasteiger partial charge < -0.3 is 15.0 Å². The zero-order chi connectivity index (χ0) is 12.0. The molecule has 2 heterocycles. The largest absolute Gasteiger partial charge is 0.480 e. The number of carbonyl (C=O) groups is 2. The van der Waals surface area contributed by atoms with Crippen LogP contribution < -0.4 is 0 Å². The van der Waals surface area contributed by atoms with Crippen molar-refractivity contribution in [3.63, 3.8) is 0 Å². The minimum absolute atomic E-state index is 0.0300. The van der Waals surface area contributed by atoms with Crippen molar-refractivity contribution in [3.05, 3.63) is 17.7 Å². The van der Waals surface area contributed by atoms with Crippen molar-refractivity contribution in [3.8, 4) is 0 Å². The van der Waals surface area contributed by atoms with E-state index in [4.69, 9.17) is 0 Å². The molecule has 6 heteroatoms. The highest BCUT2D eigenvalue weighted by Gasteiger charge is 2.41. The summed E-state index contributed by atoms with van der Waals surface area (Å²) in [6, 6.07) is -0.765. The number of rotatable bonds is 2. The Morgan fingerprint density at radius 3 is 2.88 bits per heavy atom. The molecule has 0 radical (unpaired) electrons. The normalized spacial score (nSPS) is 23.3. The molecule has 2 aliphatic rings. The van der Waals surface area contributed by atoms with Gasteiger partial charge in [-0.1, -0.05) is 0 Å². The third kappa shape index (κ3) is 1.69. The summed E-state index contributed by atoms with van der Waals surface area (Å²) in [6.45, 7) is 0.335. The van der Waals surface area contributed by atoms with Crippen LogP contribution in [0.1, 0.15) is 24.2 Å². The van der Waals surface area contributed by atoms with E-state index in [0.717, 1.165) is 24.2 Å². The summed E-state index contributed by atoms with van der Waals surface area (Å²) in [5.74, 6) is -0.938. The molecule has 1 saturated carbocycles. The Bertz CT molecular complexity index is 478. The van der Waals surface area contributed by atoms with Gasteiger partial charge >= 0.3 is 5.97 Å². The first-order chi connectivity index (χ1) is 8.16. The topological polar surface area (TPSA) is 86.3 Å². The number of aromatic amines is 1. The van der Waals surface area contributed by atoms with Crippen LogP contribution in [0.4, 0.5) is 0 Å². The zero-order valence-corrected chi connectivity index (χ0v) is 9.22. The number of nitrogens with one attached hydrogen (secondary N) is 1. The van der Waals surface area contributed by atoms with Gasteiger partial charge in [-0.15, -0.1) is 0 Å². The van der Waals surface area contributed by atoms with E-state index in [0.29, 0.717) is 13.0 Å². The highest BCUT2D eigenvalue weighted by molar-refractivity contribution is 5.87. The third-order valence-corrected chi connectivity index (χ3v) is 3.39. The van der Waals surface area contributed by atoms with E-state index >= 15 is 0 Å². The predicted octanol–water partition coefficient (Wildman–Crippen LogP) is 0.158. The minimum Gasteiger partial charge on any atom is -0.480 e.